The molecule has 206 valence electrons. The average molecular weight is 533 g/mol. The minimum Gasteiger partial charge on any atom is -0.496 e. The van der Waals surface area contributed by atoms with E-state index in [0.717, 1.165) is 16.8 Å². The third-order valence-electron chi connectivity index (χ3n) is 7.49. The van der Waals surface area contributed by atoms with Crippen LogP contribution < -0.4 is 9.64 Å². The lowest BCUT2D eigenvalue weighted by molar-refractivity contribution is -0.153. The van der Waals surface area contributed by atoms with Gasteiger partial charge in [-0.15, -0.1) is 0 Å². The van der Waals surface area contributed by atoms with Crippen molar-refractivity contribution in [3.8, 4) is 5.75 Å². The van der Waals surface area contributed by atoms with Crippen LogP contribution in [0.2, 0.25) is 0 Å². The molecule has 8 heteroatoms. The van der Waals surface area contributed by atoms with Crippen LogP contribution in [0.3, 0.4) is 0 Å². The highest BCUT2D eigenvalue weighted by Gasteiger charge is 2.53. The van der Waals surface area contributed by atoms with E-state index in [0.29, 0.717) is 29.2 Å². The molecule has 0 radical (unpaired) electrons. The maximum absolute atomic E-state index is 14.4. The fraction of sp³-hybridized carbons (Fsp3) is 0.419. The van der Waals surface area contributed by atoms with Crippen molar-refractivity contribution in [3.05, 3.63) is 70.9 Å². The summed E-state index contributed by atoms with van der Waals surface area (Å²) >= 11 is 0. The number of nitrogens with zero attached hydrogens (tertiary/aromatic N) is 2. The monoisotopic (exact) mass is 532 g/mol. The molecular formula is C31H36N2O6. The summed E-state index contributed by atoms with van der Waals surface area (Å²) in [6.07, 6.45) is 0.347. The van der Waals surface area contributed by atoms with Crippen molar-refractivity contribution >= 4 is 29.1 Å². The Kier molecular flexibility index (Phi) is 8.53. The number of carbonyl (C=O) groups is 3. The number of ether oxygens (including phenoxy) is 3. The Labute approximate surface area is 229 Å². The highest BCUT2D eigenvalue weighted by molar-refractivity contribution is 6.18. The number of Topliss-reactive ketones (excluding diaryl/α,β-unsaturated/α-hetero) is 1. The molecule has 1 aliphatic carbocycles. The molecule has 39 heavy (non-hydrogen) atoms. The van der Waals surface area contributed by atoms with Gasteiger partial charge in [-0.3, -0.25) is 14.6 Å². The third kappa shape index (κ3) is 5.33. The van der Waals surface area contributed by atoms with Gasteiger partial charge in [-0.1, -0.05) is 30.3 Å². The summed E-state index contributed by atoms with van der Waals surface area (Å²) in [5.74, 6) is -3.85. The van der Waals surface area contributed by atoms with Crippen LogP contribution in [0, 0.1) is 11.8 Å². The first-order chi connectivity index (χ1) is 18.7. The topological polar surface area (TPSA) is 94.5 Å². The molecule has 2 aromatic carbocycles. The van der Waals surface area contributed by atoms with Crippen molar-refractivity contribution in [2.75, 3.05) is 39.3 Å². The first-order valence-electron chi connectivity index (χ1n) is 13.3. The van der Waals surface area contributed by atoms with E-state index in [-0.39, 0.29) is 19.0 Å². The predicted molar refractivity (Wildman–Crippen MR) is 149 cm³/mol. The smallest absolute Gasteiger partial charge is 0.336 e. The van der Waals surface area contributed by atoms with Crippen LogP contribution in [-0.2, 0) is 23.9 Å². The molecular weight excluding hydrogens is 496 g/mol. The van der Waals surface area contributed by atoms with Gasteiger partial charge in [0.25, 0.3) is 0 Å². The number of ketones is 1. The van der Waals surface area contributed by atoms with E-state index in [4.69, 9.17) is 19.2 Å². The fourth-order valence-corrected chi connectivity index (χ4v) is 5.76. The van der Waals surface area contributed by atoms with Crippen molar-refractivity contribution < 1.29 is 28.6 Å². The molecule has 2 aromatic rings. The zero-order valence-corrected chi connectivity index (χ0v) is 23.4. The summed E-state index contributed by atoms with van der Waals surface area (Å²) in [5, 5.41) is 0. The Morgan fingerprint density at radius 2 is 1.64 bits per heavy atom. The Balaban J connectivity index is 1.90. The maximum Gasteiger partial charge on any atom is 0.336 e. The lowest BCUT2D eigenvalue weighted by Crippen LogP contribution is -2.48. The highest BCUT2D eigenvalue weighted by Crippen LogP contribution is 2.49. The Morgan fingerprint density at radius 3 is 2.26 bits per heavy atom. The van der Waals surface area contributed by atoms with E-state index in [1.54, 1.807) is 27.9 Å². The molecule has 0 spiro atoms. The summed E-state index contributed by atoms with van der Waals surface area (Å²) < 4.78 is 16.4. The number of carbonyl (C=O) groups excluding carboxylic acids is 3. The van der Waals surface area contributed by atoms with Gasteiger partial charge in [0.15, 0.2) is 5.78 Å². The molecule has 0 saturated heterocycles. The molecule has 4 atom stereocenters. The number of rotatable bonds is 8. The van der Waals surface area contributed by atoms with Crippen molar-refractivity contribution in [2.45, 2.75) is 39.0 Å². The van der Waals surface area contributed by atoms with Crippen molar-refractivity contribution in [2.24, 2.45) is 16.8 Å². The maximum atomic E-state index is 14.4. The molecule has 4 rings (SSSR count). The molecule has 0 bridgehead atoms. The number of benzene rings is 2. The van der Waals surface area contributed by atoms with Crippen molar-refractivity contribution in [1.29, 1.82) is 0 Å². The number of para-hydroxylation sites is 1. The molecule has 0 amide bonds. The number of fused-ring (bicyclic) bond motifs is 1. The summed E-state index contributed by atoms with van der Waals surface area (Å²) in [7, 11) is 5.46. The lowest BCUT2D eigenvalue weighted by atomic mass is 9.62. The van der Waals surface area contributed by atoms with E-state index in [9.17, 15) is 14.4 Å². The molecule has 0 aromatic heterocycles. The second-order valence-electron chi connectivity index (χ2n) is 9.95. The predicted octanol–water partition coefficient (Wildman–Crippen LogP) is 4.69. The second-order valence-corrected chi connectivity index (χ2v) is 9.95. The zero-order valence-electron chi connectivity index (χ0n) is 23.4. The van der Waals surface area contributed by atoms with Crippen LogP contribution in [-0.4, -0.2) is 57.9 Å². The quantitative estimate of drug-likeness (QED) is 0.360. The van der Waals surface area contributed by atoms with Crippen molar-refractivity contribution in [1.82, 2.24) is 0 Å². The summed E-state index contributed by atoms with van der Waals surface area (Å²) in [6, 6.07) is 15.1. The van der Waals surface area contributed by atoms with Gasteiger partial charge < -0.3 is 19.1 Å². The minimum absolute atomic E-state index is 0.148. The minimum atomic E-state index is -1.07. The second kappa shape index (κ2) is 11.8. The van der Waals surface area contributed by atoms with E-state index in [1.807, 2.05) is 67.5 Å². The summed E-state index contributed by atoms with van der Waals surface area (Å²) in [6.45, 7) is 5.58. The highest BCUT2D eigenvalue weighted by atomic mass is 16.5. The van der Waals surface area contributed by atoms with Gasteiger partial charge in [0.05, 0.1) is 31.8 Å². The van der Waals surface area contributed by atoms with Gasteiger partial charge in [-0.25, -0.2) is 4.79 Å². The van der Waals surface area contributed by atoms with Crippen LogP contribution >= 0.6 is 0 Å². The van der Waals surface area contributed by atoms with Crippen LogP contribution in [0.25, 0.3) is 0 Å². The number of hydrogen-bond acceptors (Lipinski definition) is 8. The van der Waals surface area contributed by atoms with E-state index in [1.165, 1.54) is 0 Å². The number of esters is 2. The Morgan fingerprint density at radius 1 is 0.974 bits per heavy atom. The molecule has 1 heterocycles. The van der Waals surface area contributed by atoms with Gasteiger partial charge in [-0.2, -0.15) is 0 Å². The Hall–Kier alpha value is -3.94. The molecule has 1 saturated carbocycles. The van der Waals surface area contributed by atoms with Crippen LogP contribution in [0.4, 0.5) is 5.69 Å². The molecule has 1 fully saturated rings. The standard InChI is InChI=1S/C31H36N2O6/c1-7-38-30(35)25-18(3)32-23-17-22(21-11-9-10-12-24(21)37-6)27(31(36)39-8-2)29(34)28(23)26(25)19-13-15-20(16-14-19)33(4)5/h9-16,22,26-28H,7-8,17H2,1-6H3/t22-,26-,27-,28?/m1/s1. The van der Waals surface area contributed by atoms with Crippen LogP contribution in [0.1, 0.15) is 50.2 Å². The fourth-order valence-electron chi connectivity index (χ4n) is 5.76. The van der Waals surface area contributed by atoms with E-state index >= 15 is 0 Å². The first kappa shape index (κ1) is 28.1. The number of allylic oxidation sites excluding steroid dienone is 1. The zero-order chi connectivity index (χ0) is 28.3. The molecule has 1 aliphatic heterocycles. The third-order valence-corrected chi connectivity index (χ3v) is 7.49. The van der Waals surface area contributed by atoms with Gasteiger partial charge in [0.2, 0.25) is 0 Å². The normalized spacial score (nSPS) is 22.5. The first-order valence-corrected chi connectivity index (χ1v) is 13.3. The molecule has 2 aliphatic rings. The number of aliphatic imine (C=N–C) groups is 1. The lowest BCUT2D eigenvalue weighted by Gasteiger charge is -2.41. The number of methoxy groups -OCH3 is 1. The largest absolute Gasteiger partial charge is 0.496 e. The average Bonchev–Trinajstić information content (AvgIpc) is 2.92. The SMILES string of the molecule is CCOC(=O)C1=C(C)N=C2C[C@H](c3ccccc3OC)[C@@H](C(=O)OCC)C(=O)C2[C@@H]1c1ccc(N(C)C)cc1. The van der Waals surface area contributed by atoms with Crippen LogP contribution in [0.5, 0.6) is 5.75 Å². The van der Waals surface area contributed by atoms with Gasteiger partial charge in [0, 0.05) is 43.0 Å². The molecule has 0 N–H and O–H groups in total. The van der Waals surface area contributed by atoms with Crippen molar-refractivity contribution in [3.63, 3.8) is 0 Å². The summed E-state index contributed by atoms with van der Waals surface area (Å²) in [4.78, 5) is 47.9. The van der Waals surface area contributed by atoms with E-state index in [2.05, 4.69) is 0 Å². The number of anilines is 1. The Bertz CT molecular complexity index is 1310. The van der Waals surface area contributed by atoms with E-state index < -0.39 is 35.6 Å². The van der Waals surface area contributed by atoms with Gasteiger partial charge in [0.1, 0.15) is 11.7 Å². The summed E-state index contributed by atoms with van der Waals surface area (Å²) in [5.41, 5.74) is 4.02. The number of hydrogen-bond donors (Lipinski definition) is 0. The van der Waals surface area contributed by atoms with Gasteiger partial charge >= 0.3 is 11.9 Å². The molecule has 1 unspecified atom stereocenters. The van der Waals surface area contributed by atoms with Crippen LogP contribution in [0.15, 0.2) is 64.8 Å². The van der Waals surface area contributed by atoms with Gasteiger partial charge in [-0.05, 0) is 56.5 Å². The molecule has 8 nitrogen and oxygen atoms in total.